The van der Waals surface area contributed by atoms with Gasteiger partial charge < -0.3 is 15.3 Å². The minimum atomic E-state index is -0.313. The van der Waals surface area contributed by atoms with Crippen LogP contribution in [0.2, 0.25) is 0 Å². The van der Waals surface area contributed by atoms with Crippen molar-refractivity contribution >= 4 is 11.7 Å². The van der Waals surface area contributed by atoms with Gasteiger partial charge in [0.25, 0.3) is 5.91 Å². The summed E-state index contributed by atoms with van der Waals surface area (Å²) in [5.74, 6) is 0.473. The second-order valence-electron chi connectivity index (χ2n) is 6.68. The number of likely N-dealkylation sites (N-methyl/N-ethyl adjacent to an activating group) is 1. The highest BCUT2D eigenvalue weighted by atomic mass is 16.3. The zero-order chi connectivity index (χ0) is 19.9. The number of aromatic hydroxyl groups is 1. The Labute approximate surface area is 164 Å². The number of nitrogens with one attached hydrogen (secondary N) is 1. The molecule has 144 valence electrons. The van der Waals surface area contributed by atoms with Gasteiger partial charge in [0.2, 0.25) is 0 Å². The van der Waals surface area contributed by atoms with E-state index >= 15 is 0 Å². The van der Waals surface area contributed by atoms with Crippen molar-refractivity contribution in [3.05, 3.63) is 83.3 Å². The van der Waals surface area contributed by atoms with Crippen LogP contribution in [0.5, 0.6) is 5.75 Å². The SMILES string of the molecule is Cc1ccc(O)c(C(=O)NCc2cccnc2N(C)CCc2ccccn2)c1. The Hall–Kier alpha value is -3.41. The number of anilines is 1. The van der Waals surface area contributed by atoms with Crippen LogP contribution in [0.4, 0.5) is 5.82 Å². The summed E-state index contributed by atoms with van der Waals surface area (Å²) < 4.78 is 0. The van der Waals surface area contributed by atoms with Gasteiger partial charge in [0.15, 0.2) is 0 Å². The van der Waals surface area contributed by atoms with E-state index in [9.17, 15) is 9.90 Å². The van der Waals surface area contributed by atoms with E-state index in [-0.39, 0.29) is 17.2 Å². The lowest BCUT2D eigenvalue weighted by Gasteiger charge is -2.21. The van der Waals surface area contributed by atoms with Crippen molar-refractivity contribution < 1.29 is 9.90 Å². The first-order valence-corrected chi connectivity index (χ1v) is 9.17. The van der Waals surface area contributed by atoms with E-state index in [1.54, 1.807) is 24.5 Å². The Bertz CT molecular complexity index is 944. The molecule has 0 saturated carbocycles. The van der Waals surface area contributed by atoms with E-state index in [2.05, 4.69) is 20.2 Å². The van der Waals surface area contributed by atoms with Crippen LogP contribution in [0.3, 0.4) is 0 Å². The van der Waals surface area contributed by atoms with Crippen LogP contribution < -0.4 is 10.2 Å². The summed E-state index contributed by atoms with van der Waals surface area (Å²) in [6.45, 7) is 2.96. The number of aryl methyl sites for hydroxylation is 1. The van der Waals surface area contributed by atoms with Crippen molar-refractivity contribution in [2.24, 2.45) is 0 Å². The Morgan fingerprint density at radius 3 is 2.71 bits per heavy atom. The van der Waals surface area contributed by atoms with Gasteiger partial charge in [-0.25, -0.2) is 4.98 Å². The van der Waals surface area contributed by atoms with Gasteiger partial charge in [0.1, 0.15) is 11.6 Å². The molecule has 1 amide bonds. The minimum Gasteiger partial charge on any atom is -0.507 e. The van der Waals surface area contributed by atoms with E-state index in [1.165, 1.54) is 6.07 Å². The Balaban J connectivity index is 1.66. The summed E-state index contributed by atoms with van der Waals surface area (Å²) in [5, 5.41) is 12.8. The van der Waals surface area contributed by atoms with E-state index in [0.29, 0.717) is 6.54 Å². The summed E-state index contributed by atoms with van der Waals surface area (Å²) >= 11 is 0. The Kier molecular flexibility index (Phi) is 6.22. The fourth-order valence-electron chi connectivity index (χ4n) is 2.95. The molecule has 0 spiro atoms. The van der Waals surface area contributed by atoms with Crippen LogP contribution in [0, 0.1) is 6.92 Å². The van der Waals surface area contributed by atoms with Crippen molar-refractivity contribution in [1.29, 1.82) is 0 Å². The molecular formula is C22H24N4O2. The van der Waals surface area contributed by atoms with Crippen molar-refractivity contribution in [3.8, 4) is 5.75 Å². The monoisotopic (exact) mass is 376 g/mol. The maximum atomic E-state index is 12.5. The minimum absolute atomic E-state index is 0.0259. The summed E-state index contributed by atoms with van der Waals surface area (Å²) in [4.78, 5) is 23.4. The average Bonchev–Trinajstić information content (AvgIpc) is 2.73. The molecule has 3 rings (SSSR count). The largest absolute Gasteiger partial charge is 0.507 e. The molecule has 2 heterocycles. The van der Waals surface area contributed by atoms with Crippen molar-refractivity contribution in [1.82, 2.24) is 15.3 Å². The molecule has 0 atom stereocenters. The standard InChI is InChI=1S/C22H24N4O2/c1-16-8-9-20(27)19(14-16)22(28)25-15-17-6-5-12-24-21(17)26(2)13-10-18-7-3-4-11-23-18/h3-9,11-12,14,27H,10,13,15H2,1-2H3,(H,25,28). The first kappa shape index (κ1) is 19.4. The maximum absolute atomic E-state index is 12.5. The van der Waals surface area contributed by atoms with Gasteiger partial charge in [-0.1, -0.05) is 23.8 Å². The number of amides is 1. The van der Waals surface area contributed by atoms with Gasteiger partial charge in [-0.2, -0.15) is 0 Å². The van der Waals surface area contributed by atoms with E-state index in [0.717, 1.165) is 35.6 Å². The number of phenolic OH excluding ortho intramolecular Hbond substituents is 1. The lowest BCUT2D eigenvalue weighted by atomic mass is 10.1. The molecule has 0 aliphatic rings. The van der Waals surface area contributed by atoms with Crippen LogP contribution in [0.25, 0.3) is 0 Å². The maximum Gasteiger partial charge on any atom is 0.255 e. The first-order chi connectivity index (χ1) is 13.5. The van der Waals surface area contributed by atoms with Crippen LogP contribution in [0.15, 0.2) is 60.9 Å². The highest BCUT2D eigenvalue weighted by molar-refractivity contribution is 5.97. The molecule has 0 aliphatic carbocycles. The number of carbonyl (C=O) groups excluding carboxylic acids is 1. The number of hydrogen-bond acceptors (Lipinski definition) is 5. The van der Waals surface area contributed by atoms with Crippen LogP contribution in [-0.4, -0.2) is 34.6 Å². The van der Waals surface area contributed by atoms with Crippen molar-refractivity contribution in [2.75, 3.05) is 18.5 Å². The molecule has 0 radical (unpaired) electrons. The van der Waals surface area contributed by atoms with Gasteiger partial charge in [-0.15, -0.1) is 0 Å². The number of carbonyl (C=O) groups is 1. The third-order valence-electron chi connectivity index (χ3n) is 4.49. The fraction of sp³-hybridized carbons (Fsp3) is 0.227. The zero-order valence-corrected chi connectivity index (χ0v) is 16.1. The highest BCUT2D eigenvalue weighted by Crippen LogP contribution is 2.19. The molecule has 2 aromatic heterocycles. The summed E-state index contributed by atoms with van der Waals surface area (Å²) in [5.41, 5.74) is 3.12. The quantitative estimate of drug-likeness (QED) is 0.662. The number of phenols is 1. The molecule has 2 N–H and O–H groups in total. The second kappa shape index (κ2) is 8.99. The Morgan fingerprint density at radius 1 is 1.11 bits per heavy atom. The average molecular weight is 376 g/mol. The number of nitrogens with zero attached hydrogens (tertiary/aromatic N) is 3. The molecule has 0 saturated heterocycles. The molecule has 6 nitrogen and oxygen atoms in total. The molecule has 1 aromatic carbocycles. The number of rotatable bonds is 7. The first-order valence-electron chi connectivity index (χ1n) is 9.17. The molecule has 0 fully saturated rings. The smallest absolute Gasteiger partial charge is 0.255 e. The molecule has 0 unspecified atom stereocenters. The highest BCUT2D eigenvalue weighted by Gasteiger charge is 2.14. The van der Waals surface area contributed by atoms with Gasteiger partial charge in [-0.05, 0) is 37.3 Å². The molecule has 3 aromatic rings. The lowest BCUT2D eigenvalue weighted by Crippen LogP contribution is -2.27. The van der Waals surface area contributed by atoms with Crippen molar-refractivity contribution in [3.63, 3.8) is 0 Å². The third kappa shape index (κ3) is 4.85. The lowest BCUT2D eigenvalue weighted by molar-refractivity contribution is 0.0948. The predicted molar refractivity (Wildman–Crippen MR) is 109 cm³/mol. The van der Waals surface area contributed by atoms with E-state index < -0.39 is 0 Å². The van der Waals surface area contributed by atoms with Gasteiger partial charge in [-0.3, -0.25) is 9.78 Å². The molecule has 0 bridgehead atoms. The zero-order valence-electron chi connectivity index (χ0n) is 16.1. The molecule has 6 heteroatoms. The third-order valence-corrected chi connectivity index (χ3v) is 4.49. The summed E-state index contributed by atoms with van der Waals surface area (Å²) in [6.07, 6.45) is 4.33. The van der Waals surface area contributed by atoms with E-state index in [1.807, 2.05) is 44.3 Å². The number of benzene rings is 1. The van der Waals surface area contributed by atoms with E-state index in [4.69, 9.17) is 0 Å². The fourth-order valence-corrected chi connectivity index (χ4v) is 2.95. The second-order valence-corrected chi connectivity index (χ2v) is 6.68. The number of pyridine rings is 2. The number of aromatic nitrogens is 2. The Morgan fingerprint density at radius 2 is 1.93 bits per heavy atom. The topological polar surface area (TPSA) is 78.3 Å². The predicted octanol–water partition coefficient (Wildman–Crippen LogP) is 3.10. The van der Waals surface area contributed by atoms with Gasteiger partial charge in [0.05, 0.1) is 5.56 Å². The number of hydrogen-bond donors (Lipinski definition) is 2. The van der Waals surface area contributed by atoms with Crippen molar-refractivity contribution in [2.45, 2.75) is 19.9 Å². The molecular weight excluding hydrogens is 352 g/mol. The van der Waals surface area contributed by atoms with Gasteiger partial charge >= 0.3 is 0 Å². The molecule has 28 heavy (non-hydrogen) atoms. The summed E-state index contributed by atoms with van der Waals surface area (Å²) in [7, 11) is 1.98. The van der Waals surface area contributed by atoms with Gasteiger partial charge in [0, 0.05) is 50.2 Å². The van der Waals surface area contributed by atoms with Crippen LogP contribution in [-0.2, 0) is 13.0 Å². The van der Waals surface area contributed by atoms with Crippen LogP contribution >= 0.6 is 0 Å². The summed E-state index contributed by atoms with van der Waals surface area (Å²) in [6, 6.07) is 14.6. The molecule has 0 aliphatic heterocycles. The van der Waals surface area contributed by atoms with Crippen LogP contribution in [0.1, 0.15) is 27.2 Å². The normalized spacial score (nSPS) is 10.5.